The molecular weight excluding hydrogens is 274 g/mol. The molecule has 0 spiro atoms. The highest BCUT2D eigenvalue weighted by Gasteiger charge is 2.07. The van der Waals surface area contributed by atoms with Crippen LogP contribution in [0.1, 0.15) is 5.56 Å². The van der Waals surface area contributed by atoms with E-state index in [0.717, 1.165) is 16.6 Å². The summed E-state index contributed by atoms with van der Waals surface area (Å²) in [5.74, 6) is -0.243. The predicted molar refractivity (Wildman–Crippen MR) is 77.6 cm³/mol. The van der Waals surface area contributed by atoms with Crippen molar-refractivity contribution in [3.63, 3.8) is 0 Å². The van der Waals surface area contributed by atoms with E-state index < -0.39 is 0 Å². The standard InChI is InChI=1S/C13H11N5OS/c19-13(16-14-7-10-5-6-20-9-10)8-18-12-4-2-1-3-11(12)15-17-18/h1-7,9H,8H2,(H,16,19)/b14-7-. The number of nitrogens with zero attached hydrogens (tertiary/aromatic N) is 4. The minimum absolute atomic E-state index is 0.0848. The van der Waals surface area contributed by atoms with Gasteiger partial charge in [-0.15, -0.1) is 5.10 Å². The molecule has 0 aliphatic heterocycles. The van der Waals surface area contributed by atoms with Crippen LogP contribution < -0.4 is 5.43 Å². The number of fused-ring (bicyclic) bond motifs is 1. The molecule has 0 fully saturated rings. The second-order valence-electron chi connectivity index (χ2n) is 4.09. The molecule has 0 aliphatic carbocycles. The van der Waals surface area contributed by atoms with Crippen LogP contribution in [0, 0.1) is 0 Å². The van der Waals surface area contributed by atoms with Crippen LogP contribution in [0.25, 0.3) is 11.0 Å². The van der Waals surface area contributed by atoms with Crippen LogP contribution in [0.4, 0.5) is 0 Å². The van der Waals surface area contributed by atoms with E-state index in [-0.39, 0.29) is 12.5 Å². The zero-order chi connectivity index (χ0) is 13.8. The topological polar surface area (TPSA) is 72.2 Å². The lowest BCUT2D eigenvalue weighted by atomic mass is 10.3. The van der Waals surface area contributed by atoms with Crippen LogP contribution in [0.3, 0.4) is 0 Å². The van der Waals surface area contributed by atoms with E-state index in [9.17, 15) is 4.79 Å². The number of rotatable bonds is 4. The largest absolute Gasteiger partial charge is 0.271 e. The maximum Gasteiger partial charge on any atom is 0.261 e. The van der Waals surface area contributed by atoms with Crippen LogP contribution >= 0.6 is 11.3 Å². The third-order valence-corrected chi connectivity index (χ3v) is 3.36. The number of carbonyl (C=O) groups is 1. The maximum absolute atomic E-state index is 11.8. The molecule has 0 atom stereocenters. The van der Waals surface area contributed by atoms with Crippen molar-refractivity contribution in [1.29, 1.82) is 0 Å². The van der Waals surface area contributed by atoms with Gasteiger partial charge in [0, 0.05) is 5.56 Å². The number of hydrazone groups is 1. The summed E-state index contributed by atoms with van der Waals surface area (Å²) in [4.78, 5) is 11.8. The molecule has 2 aromatic heterocycles. The smallest absolute Gasteiger partial charge is 0.261 e. The maximum atomic E-state index is 11.8. The first-order chi connectivity index (χ1) is 9.83. The number of carbonyl (C=O) groups excluding carboxylic acids is 1. The average molecular weight is 285 g/mol. The first-order valence-electron chi connectivity index (χ1n) is 5.95. The Labute approximate surface area is 118 Å². The molecular formula is C13H11N5OS. The van der Waals surface area contributed by atoms with Crippen molar-refractivity contribution in [1.82, 2.24) is 20.4 Å². The van der Waals surface area contributed by atoms with Crippen molar-refractivity contribution >= 4 is 34.5 Å². The molecule has 100 valence electrons. The molecule has 1 N–H and O–H groups in total. The lowest BCUT2D eigenvalue weighted by molar-refractivity contribution is -0.121. The summed E-state index contributed by atoms with van der Waals surface area (Å²) in [7, 11) is 0. The van der Waals surface area contributed by atoms with E-state index in [1.165, 1.54) is 0 Å². The fourth-order valence-corrected chi connectivity index (χ4v) is 2.34. The van der Waals surface area contributed by atoms with Crippen molar-refractivity contribution < 1.29 is 4.79 Å². The number of hydrogen-bond donors (Lipinski definition) is 1. The van der Waals surface area contributed by atoms with Crippen molar-refractivity contribution in [3.8, 4) is 0 Å². The Hall–Kier alpha value is -2.54. The minimum Gasteiger partial charge on any atom is -0.271 e. The Kier molecular flexibility index (Phi) is 3.51. The van der Waals surface area contributed by atoms with E-state index in [1.807, 2.05) is 41.1 Å². The number of benzene rings is 1. The Morgan fingerprint density at radius 3 is 3.15 bits per heavy atom. The molecule has 0 saturated heterocycles. The van der Waals surface area contributed by atoms with Crippen LogP contribution in [-0.2, 0) is 11.3 Å². The number of nitrogens with one attached hydrogen (secondary N) is 1. The minimum atomic E-state index is -0.243. The summed E-state index contributed by atoms with van der Waals surface area (Å²) in [5.41, 5.74) is 5.02. The fourth-order valence-electron chi connectivity index (χ4n) is 1.73. The average Bonchev–Trinajstić information content (AvgIpc) is 3.09. The van der Waals surface area contributed by atoms with Gasteiger partial charge in [0.05, 0.1) is 11.7 Å². The number of hydrogen-bond acceptors (Lipinski definition) is 5. The predicted octanol–water partition coefficient (Wildman–Crippen LogP) is 1.64. The molecule has 1 amide bonds. The van der Waals surface area contributed by atoms with Crippen molar-refractivity contribution in [2.45, 2.75) is 6.54 Å². The van der Waals surface area contributed by atoms with Crippen LogP contribution in [0.15, 0.2) is 46.2 Å². The van der Waals surface area contributed by atoms with E-state index in [4.69, 9.17) is 0 Å². The van der Waals surface area contributed by atoms with E-state index >= 15 is 0 Å². The zero-order valence-corrected chi connectivity index (χ0v) is 11.2. The third-order valence-electron chi connectivity index (χ3n) is 2.66. The Bertz CT molecular complexity index is 747. The van der Waals surface area contributed by atoms with Crippen LogP contribution in [0.2, 0.25) is 0 Å². The van der Waals surface area contributed by atoms with Gasteiger partial charge in [-0.3, -0.25) is 4.79 Å². The third kappa shape index (κ3) is 2.72. The van der Waals surface area contributed by atoms with Gasteiger partial charge in [0.15, 0.2) is 0 Å². The highest BCUT2D eigenvalue weighted by atomic mass is 32.1. The van der Waals surface area contributed by atoms with Gasteiger partial charge in [0.25, 0.3) is 5.91 Å². The second-order valence-corrected chi connectivity index (χ2v) is 4.87. The molecule has 1 aromatic carbocycles. The lowest BCUT2D eigenvalue weighted by Crippen LogP contribution is -2.23. The number of thiophene rings is 1. The Balaban J connectivity index is 1.64. The quantitative estimate of drug-likeness (QED) is 0.585. The molecule has 0 unspecified atom stereocenters. The monoisotopic (exact) mass is 285 g/mol. The number of amides is 1. The summed E-state index contributed by atoms with van der Waals surface area (Å²) in [6, 6.07) is 9.41. The molecule has 3 rings (SSSR count). The molecule has 0 saturated carbocycles. The SMILES string of the molecule is O=C(Cn1nnc2ccccc21)N/N=C\c1ccsc1. The van der Waals surface area contributed by atoms with Gasteiger partial charge in [0.1, 0.15) is 12.1 Å². The van der Waals surface area contributed by atoms with Crippen molar-refractivity contribution in [3.05, 3.63) is 46.7 Å². The van der Waals surface area contributed by atoms with Gasteiger partial charge in [0.2, 0.25) is 0 Å². The molecule has 0 aliphatic rings. The fraction of sp³-hybridized carbons (Fsp3) is 0.0769. The number of para-hydroxylation sites is 1. The van der Waals surface area contributed by atoms with E-state index in [1.54, 1.807) is 22.2 Å². The Morgan fingerprint density at radius 1 is 1.40 bits per heavy atom. The summed E-state index contributed by atoms with van der Waals surface area (Å²) >= 11 is 1.58. The molecule has 3 aromatic rings. The van der Waals surface area contributed by atoms with Crippen LogP contribution in [0.5, 0.6) is 0 Å². The molecule has 6 nitrogen and oxygen atoms in total. The van der Waals surface area contributed by atoms with Gasteiger partial charge in [-0.1, -0.05) is 17.3 Å². The van der Waals surface area contributed by atoms with Crippen molar-refractivity contribution in [2.24, 2.45) is 5.10 Å². The van der Waals surface area contributed by atoms with E-state index in [0.29, 0.717) is 0 Å². The molecule has 20 heavy (non-hydrogen) atoms. The normalized spacial score (nSPS) is 11.2. The molecule has 2 heterocycles. The summed E-state index contributed by atoms with van der Waals surface area (Å²) in [6.07, 6.45) is 1.61. The highest BCUT2D eigenvalue weighted by Crippen LogP contribution is 2.09. The van der Waals surface area contributed by atoms with Gasteiger partial charge in [-0.05, 0) is 29.0 Å². The van der Waals surface area contributed by atoms with Gasteiger partial charge >= 0.3 is 0 Å². The highest BCUT2D eigenvalue weighted by molar-refractivity contribution is 7.08. The van der Waals surface area contributed by atoms with Gasteiger partial charge in [-0.25, -0.2) is 10.1 Å². The lowest BCUT2D eigenvalue weighted by Gasteiger charge is -2.00. The molecule has 7 heteroatoms. The Morgan fingerprint density at radius 2 is 2.30 bits per heavy atom. The first kappa shape index (κ1) is 12.5. The van der Waals surface area contributed by atoms with Crippen molar-refractivity contribution in [2.75, 3.05) is 0 Å². The van der Waals surface area contributed by atoms with E-state index in [2.05, 4.69) is 20.8 Å². The van der Waals surface area contributed by atoms with Gasteiger partial charge in [-0.2, -0.15) is 16.4 Å². The molecule has 0 radical (unpaired) electrons. The van der Waals surface area contributed by atoms with Crippen LogP contribution in [-0.4, -0.2) is 27.1 Å². The summed E-state index contributed by atoms with van der Waals surface area (Å²) in [6.45, 7) is 0.0848. The summed E-state index contributed by atoms with van der Waals surface area (Å²) < 4.78 is 1.55. The first-order valence-corrected chi connectivity index (χ1v) is 6.89. The summed E-state index contributed by atoms with van der Waals surface area (Å²) in [5, 5.41) is 15.7. The molecule has 0 bridgehead atoms. The number of aromatic nitrogens is 3. The van der Waals surface area contributed by atoms with Gasteiger partial charge < -0.3 is 0 Å². The second kappa shape index (κ2) is 5.62. The zero-order valence-electron chi connectivity index (χ0n) is 10.4.